The topological polar surface area (TPSA) is 55.0 Å². The van der Waals surface area contributed by atoms with Crippen LogP contribution in [0.2, 0.25) is 0 Å². The molecule has 1 rings (SSSR count). The number of nitriles is 1. The molecule has 0 bridgehead atoms. The van der Waals surface area contributed by atoms with E-state index in [-0.39, 0.29) is 4.64 Å². The van der Waals surface area contributed by atoms with Gasteiger partial charge in [-0.1, -0.05) is 12.2 Å². The van der Waals surface area contributed by atoms with Crippen LogP contribution in [0, 0.1) is 16.0 Å². The van der Waals surface area contributed by atoms with Crippen LogP contribution >= 0.6 is 12.2 Å². The van der Waals surface area contributed by atoms with Gasteiger partial charge in [0.15, 0.2) is 0 Å². The second-order valence-corrected chi connectivity index (χ2v) is 2.69. The van der Waals surface area contributed by atoms with Crippen molar-refractivity contribution in [3.63, 3.8) is 0 Å². The van der Waals surface area contributed by atoms with Crippen molar-refractivity contribution in [1.29, 1.82) is 5.26 Å². The molecule has 1 aromatic heterocycles. The molecule has 0 spiro atoms. The number of rotatable bonds is 1. The van der Waals surface area contributed by atoms with E-state index in [1.165, 1.54) is 25.3 Å². The number of carbonyl (C=O) groups is 1. The highest BCUT2D eigenvalue weighted by molar-refractivity contribution is 7.71. The van der Waals surface area contributed by atoms with E-state index in [0.717, 1.165) is 4.73 Å². The molecule has 0 aromatic carbocycles. The minimum atomic E-state index is -0.458. The molecule has 0 unspecified atom stereocenters. The van der Waals surface area contributed by atoms with E-state index in [0.29, 0.717) is 5.56 Å². The van der Waals surface area contributed by atoms with Gasteiger partial charge in [-0.15, -0.1) is 0 Å². The first-order chi connectivity index (χ1) is 6.13. The van der Waals surface area contributed by atoms with Crippen molar-refractivity contribution in [2.75, 3.05) is 0 Å². The Labute approximate surface area is 79.9 Å². The molecule has 0 radical (unpaired) electrons. The van der Waals surface area contributed by atoms with Gasteiger partial charge < -0.3 is 4.84 Å². The SMILES string of the molecule is CC(=O)On1ccc(C#N)cc1=S. The van der Waals surface area contributed by atoms with Gasteiger partial charge >= 0.3 is 5.97 Å². The van der Waals surface area contributed by atoms with Gasteiger partial charge in [-0.3, -0.25) is 0 Å². The maximum absolute atomic E-state index is 10.6. The molecule has 0 aliphatic carbocycles. The van der Waals surface area contributed by atoms with Crippen LogP contribution in [-0.2, 0) is 4.79 Å². The van der Waals surface area contributed by atoms with Crippen molar-refractivity contribution in [1.82, 2.24) is 4.73 Å². The van der Waals surface area contributed by atoms with Gasteiger partial charge in [0.2, 0.25) is 0 Å². The molecule has 1 heterocycles. The minimum Gasteiger partial charge on any atom is -0.336 e. The fourth-order valence-corrected chi connectivity index (χ4v) is 0.975. The first-order valence-electron chi connectivity index (χ1n) is 3.45. The van der Waals surface area contributed by atoms with E-state index in [2.05, 4.69) is 0 Å². The van der Waals surface area contributed by atoms with Crippen LogP contribution in [0.15, 0.2) is 18.3 Å². The number of carbonyl (C=O) groups excluding carboxylic acids is 1. The second kappa shape index (κ2) is 3.83. The zero-order valence-electron chi connectivity index (χ0n) is 6.85. The van der Waals surface area contributed by atoms with Gasteiger partial charge in [0.05, 0.1) is 11.6 Å². The summed E-state index contributed by atoms with van der Waals surface area (Å²) in [6.07, 6.45) is 1.43. The molecule has 5 heteroatoms. The average molecular weight is 194 g/mol. The van der Waals surface area contributed by atoms with Gasteiger partial charge in [0.1, 0.15) is 4.64 Å². The molecular weight excluding hydrogens is 188 g/mol. The predicted molar refractivity (Wildman–Crippen MR) is 47.2 cm³/mol. The van der Waals surface area contributed by atoms with E-state index in [4.69, 9.17) is 22.3 Å². The lowest BCUT2D eigenvalue weighted by molar-refractivity contribution is -0.141. The molecular formula is C8H6N2O2S. The summed E-state index contributed by atoms with van der Waals surface area (Å²) < 4.78 is 1.42. The largest absolute Gasteiger partial charge is 0.336 e. The molecule has 0 atom stereocenters. The predicted octanol–water partition coefficient (Wildman–Crippen LogP) is 1.06. The monoisotopic (exact) mass is 194 g/mol. The molecule has 0 aliphatic heterocycles. The Hall–Kier alpha value is -1.67. The highest BCUT2D eigenvalue weighted by atomic mass is 32.1. The van der Waals surface area contributed by atoms with Crippen molar-refractivity contribution in [2.24, 2.45) is 0 Å². The maximum atomic E-state index is 10.6. The first kappa shape index (κ1) is 9.42. The van der Waals surface area contributed by atoms with Crippen LogP contribution in [0.1, 0.15) is 12.5 Å². The lowest BCUT2D eigenvalue weighted by atomic mass is 10.3. The summed E-state index contributed by atoms with van der Waals surface area (Å²) in [4.78, 5) is 15.3. The van der Waals surface area contributed by atoms with E-state index in [1.807, 2.05) is 6.07 Å². The van der Waals surface area contributed by atoms with Gasteiger partial charge in [-0.05, 0) is 12.1 Å². The Morgan fingerprint density at radius 2 is 2.46 bits per heavy atom. The Morgan fingerprint density at radius 1 is 1.77 bits per heavy atom. The molecule has 0 saturated carbocycles. The van der Waals surface area contributed by atoms with E-state index >= 15 is 0 Å². The normalized spacial score (nSPS) is 8.92. The van der Waals surface area contributed by atoms with Gasteiger partial charge in [-0.2, -0.15) is 9.99 Å². The summed E-state index contributed by atoms with van der Waals surface area (Å²) in [6.45, 7) is 1.28. The van der Waals surface area contributed by atoms with E-state index < -0.39 is 5.97 Å². The summed E-state index contributed by atoms with van der Waals surface area (Å²) >= 11 is 4.86. The molecule has 0 fully saturated rings. The summed E-state index contributed by atoms with van der Waals surface area (Å²) in [7, 11) is 0. The van der Waals surface area contributed by atoms with Crippen LogP contribution < -0.4 is 4.84 Å². The lowest BCUT2D eigenvalue weighted by Crippen LogP contribution is -2.17. The van der Waals surface area contributed by atoms with Crippen molar-refractivity contribution in [2.45, 2.75) is 6.92 Å². The second-order valence-electron chi connectivity index (χ2n) is 2.27. The van der Waals surface area contributed by atoms with Crippen molar-refractivity contribution >= 4 is 18.2 Å². The third-order valence-corrected chi connectivity index (χ3v) is 1.54. The Bertz CT molecular complexity index is 431. The molecule has 0 aliphatic rings. The lowest BCUT2D eigenvalue weighted by Gasteiger charge is -2.03. The van der Waals surface area contributed by atoms with Crippen molar-refractivity contribution in [3.8, 4) is 6.07 Å². The number of hydrogen-bond acceptors (Lipinski definition) is 4. The highest BCUT2D eigenvalue weighted by Crippen LogP contribution is 1.98. The van der Waals surface area contributed by atoms with Crippen molar-refractivity contribution in [3.05, 3.63) is 28.5 Å². The third kappa shape index (κ3) is 2.39. The molecule has 4 nitrogen and oxygen atoms in total. The molecule has 0 N–H and O–H groups in total. The van der Waals surface area contributed by atoms with Gasteiger partial charge in [0, 0.05) is 13.1 Å². The molecule has 66 valence electrons. The molecule has 0 amide bonds. The Kier molecular flexibility index (Phi) is 2.77. The smallest absolute Gasteiger partial charge is 0.329 e. The summed E-state index contributed by atoms with van der Waals surface area (Å²) in [5.41, 5.74) is 0.438. The number of pyridine rings is 1. The Balaban J connectivity index is 3.08. The van der Waals surface area contributed by atoms with Crippen LogP contribution in [0.25, 0.3) is 0 Å². The zero-order chi connectivity index (χ0) is 9.84. The van der Waals surface area contributed by atoms with Gasteiger partial charge in [0.25, 0.3) is 0 Å². The van der Waals surface area contributed by atoms with Crippen LogP contribution in [-0.4, -0.2) is 10.7 Å². The Morgan fingerprint density at radius 3 is 2.92 bits per heavy atom. The van der Waals surface area contributed by atoms with Crippen LogP contribution in [0.3, 0.4) is 0 Å². The van der Waals surface area contributed by atoms with Gasteiger partial charge in [-0.25, -0.2) is 4.79 Å². The molecule has 13 heavy (non-hydrogen) atoms. The maximum Gasteiger partial charge on any atom is 0.329 e. The average Bonchev–Trinajstić information content (AvgIpc) is 2.08. The number of nitrogens with zero attached hydrogens (tertiary/aromatic N) is 2. The summed E-state index contributed by atoms with van der Waals surface area (Å²) in [6, 6.07) is 4.90. The van der Waals surface area contributed by atoms with E-state index in [1.54, 1.807) is 0 Å². The summed E-state index contributed by atoms with van der Waals surface area (Å²) in [5, 5.41) is 8.52. The molecule has 1 aromatic rings. The minimum absolute atomic E-state index is 0.286. The fourth-order valence-electron chi connectivity index (χ4n) is 0.750. The fraction of sp³-hybridized carbons (Fsp3) is 0.125. The number of hydrogen-bond donors (Lipinski definition) is 0. The highest BCUT2D eigenvalue weighted by Gasteiger charge is 1.97. The zero-order valence-corrected chi connectivity index (χ0v) is 7.67. The first-order valence-corrected chi connectivity index (χ1v) is 3.86. The van der Waals surface area contributed by atoms with Crippen molar-refractivity contribution < 1.29 is 9.63 Å². The standard InChI is InChI=1S/C8H6N2O2S/c1-6(11)12-10-3-2-7(5-9)4-8(10)13/h2-4H,1H3. The van der Waals surface area contributed by atoms with E-state index in [9.17, 15) is 4.79 Å². The third-order valence-electron chi connectivity index (χ3n) is 1.24. The number of aromatic nitrogens is 1. The quantitative estimate of drug-likeness (QED) is 0.627. The van der Waals surface area contributed by atoms with Crippen LogP contribution in [0.5, 0.6) is 0 Å². The van der Waals surface area contributed by atoms with Crippen LogP contribution in [0.4, 0.5) is 0 Å². The molecule has 0 saturated heterocycles. The summed E-state index contributed by atoms with van der Waals surface area (Å²) in [5.74, 6) is -0.458.